The summed E-state index contributed by atoms with van der Waals surface area (Å²) < 4.78 is 17.0. The van der Waals surface area contributed by atoms with E-state index in [0.29, 0.717) is 0 Å². The van der Waals surface area contributed by atoms with Gasteiger partial charge in [-0.05, 0) is 6.07 Å². The zero-order valence-corrected chi connectivity index (χ0v) is 15.6. The maximum Gasteiger partial charge on any atom is 0.351 e. The minimum absolute atomic E-state index is 0.0661. The molecule has 10 atom stereocenters. The third-order valence-corrected chi connectivity index (χ3v) is 5.24. The lowest BCUT2D eigenvalue weighted by Gasteiger charge is -2.44. The summed E-state index contributed by atoms with van der Waals surface area (Å²) in [6.07, 6.45) is -14.4. The Kier molecular flexibility index (Phi) is 7.03. The summed E-state index contributed by atoms with van der Waals surface area (Å²) in [5, 5.41) is 69.8. The first-order valence-electron chi connectivity index (χ1n) is 9.10. The van der Waals surface area contributed by atoms with Crippen molar-refractivity contribution in [2.45, 2.75) is 61.2 Å². The van der Waals surface area contributed by atoms with Crippen molar-refractivity contribution < 1.29 is 50.0 Å². The van der Waals surface area contributed by atoms with Crippen LogP contribution in [0.15, 0.2) is 17.1 Å². The topological polar surface area (TPSA) is 230 Å². The van der Waals surface area contributed by atoms with E-state index in [1.54, 1.807) is 0 Å². The Morgan fingerprint density at radius 1 is 1.03 bits per heavy atom. The van der Waals surface area contributed by atoms with Gasteiger partial charge in [0.05, 0.1) is 6.61 Å². The fraction of sp³-hybridized carbons (Fsp3) is 0.750. The normalized spacial score (nSPS) is 40.4. The molecular formula is C16H25N3O11. The number of aromatic nitrogens is 2. The molecular weight excluding hydrogens is 410 g/mol. The van der Waals surface area contributed by atoms with Crippen molar-refractivity contribution in [3.8, 4) is 0 Å². The SMILES string of the molecule is Nc1ccn([C@@H]2O[C@H](C(OCO)C3O[C@H](CO)[C@@H](O)[C@H](O)[C@H]3O)[C@@H](O)[C@H]2O)c(=O)n1. The van der Waals surface area contributed by atoms with Crippen LogP contribution < -0.4 is 11.4 Å². The summed E-state index contributed by atoms with van der Waals surface area (Å²) in [6.45, 7) is -1.63. The molecule has 0 amide bonds. The Bertz CT molecular complexity index is 777. The number of ether oxygens (including phenoxy) is 3. The number of hydrogen-bond donors (Lipinski definition) is 8. The van der Waals surface area contributed by atoms with E-state index in [1.165, 1.54) is 12.3 Å². The smallest absolute Gasteiger partial charge is 0.351 e. The third-order valence-electron chi connectivity index (χ3n) is 5.24. The van der Waals surface area contributed by atoms with E-state index in [0.717, 1.165) is 4.57 Å². The average molecular weight is 435 g/mol. The van der Waals surface area contributed by atoms with Crippen molar-refractivity contribution in [1.29, 1.82) is 0 Å². The van der Waals surface area contributed by atoms with Crippen molar-refractivity contribution in [3.63, 3.8) is 0 Å². The van der Waals surface area contributed by atoms with Gasteiger partial charge in [0, 0.05) is 6.20 Å². The number of hydrogen-bond acceptors (Lipinski definition) is 13. The number of aliphatic hydroxyl groups excluding tert-OH is 7. The lowest BCUT2D eigenvalue weighted by molar-refractivity contribution is -0.276. The molecule has 0 saturated carbocycles. The number of aliphatic hydroxyl groups is 7. The predicted octanol–water partition coefficient (Wildman–Crippen LogP) is -5.38. The molecule has 2 aliphatic heterocycles. The van der Waals surface area contributed by atoms with Gasteiger partial charge in [0.2, 0.25) is 0 Å². The van der Waals surface area contributed by atoms with Crippen LogP contribution in [0.25, 0.3) is 0 Å². The summed E-state index contributed by atoms with van der Waals surface area (Å²) in [5.74, 6) is -0.0661. The molecule has 2 saturated heterocycles. The van der Waals surface area contributed by atoms with E-state index in [2.05, 4.69) is 4.98 Å². The number of nitrogens with zero attached hydrogens (tertiary/aromatic N) is 2. The van der Waals surface area contributed by atoms with Crippen molar-refractivity contribution in [2.75, 3.05) is 19.1 Å². The highest BCUT2D eigenvalue weighted by atomic mass is 16.6. The first-order valence-corrected chi connectivity index (χ1v) is 9.10. The Labute approximate surface area is 169 Å². The molecule has 1 aromatic rings. The second kappa shape index (κ2) is 9.19. The third kappa shape index (κ3) is 4.06. The van der Waals surface area contributed by atoms with Crippen LogP contribution in [0.3, 0.4) is 0 Å². The van der Waals surface area contributed by atoms with E-state index in [-0.39, 0.29) is 5.82 Å². The maximum atomic E-state index is 12.1. The lowest BCUT2D eigenvalue weighted by atomic mass is 9.89. The lowest BCUT2D eigenvalue weighted by Crippen LogP contribution is -2.64. The Hall–Kier alpha value is -1.72. The molecule has 0 spiro atoms. The predicted molar refractivity (Wildman–Crippen MR) is 94.6 cm³/mol. The minimum atomic E-state index is -1.76. The molecule has 0 bridgehead atoms. The second-order valence-electron chi connectivity index (χ2n) is 7.07. The zero-order valence-electron chi connectivity index (χ0n) is 15.6. The molecule has 0 aromatic carbocycles. The van der Waals surface area contributed by atoms with Gasteiger partial charge < -0.3 is 55.7 Å². The second-order valence-corrected chi connectivity index (χ2v) is 7.07. The van der Waals surface area contributed by atoms with Crippen molar-refractivity contribution >= 4 is 5.82 Å². The van der Waals surface area contributed by atoms with Crippen LogP contribution in [0.1, 0.15) is 6.23 Å². The summed E-state index contributed by atoms with van der Waals surface area (Å²) in [4.78, 5) is 15.6. The van der Waals surface area contributed by atoms with E-state index < -0.39 is 80.3 Å². The fourth-order valence-electron chi connectivity index (χ4n) is 3.67. The highest BCUT2D eigenvalue weighted by Gasteiger charge is 2.55. The van der Waals surface area contributed by atoms with Gasteiger partial charge in [-0.3, -0.25) is 4.57 Å². The Balaban J connectivity index is 1.89. The van der Waals surface area contributed by atoms with Gasteiger partial charge in [-0.15, -0.1) is 0 Å². The van der Waals surface area contributed by atoms with Crippen molar-refractivity contribution in [3.05, 3.63) is 22.7 Å². The molecule has 9 N–H and O–H groups in total. The molecule has 14 heteroatoms. The number of nitrogens with two attached hydrogens (primary N) is 1. The monoisotopic (exact) mass is 435 g/mol. The summed E-state index contributed by atoms with van der Waals surface area (Å²) in [5.41, 5.74) is 4.57. The maximum absolute atomic E-state index is 12.1. The van der Waals surface area contributed by atoms with Gasteiger partial charge in [0.15, 0.2) is 6.23 Å². The molecule has 2 fully saturated rings. The first-order chi connectivity index (χ1) is 14.2. The van der Waals surface area contributed by atoms with Gasteiger partial charge in [-0.1, -0.05) is 0 Å². The molecule has 3 rings (SSSR count). The molecule has 170 valence electrons. The van der Waals surface area contributed by atoms with E-state index in [4.69, 9.17) is 19.9 Å². The van der Waals surface area contributed by atoms with E-state index in [1.807, 2.05) is 0 Å². The quantitative estimate of drug-likeness (QED) is 0.195. The molecule has 0 aliphatic carbocycles. The van der Waals surface area contributed by atoms with Crippen molar-refractivity contribution in [2.24, 2.45) is 0 Å². The average Bonchev–Trinajstić information content (AvgIpc) is 3.00. The standard InChI is InChI=1S/C16H25N3O11/c17-6-1-2-19(16(27)18-6)15-11(26)10(25)13(30-15)14(28-4-21)12-9(24)8(23)7(22)5(3-20)29-12/h1-2,5,7-15,20-26H,3-4H2,(H2,17,18,27)/t5-,7-,8+,9-,10+,11-,12?,13+,14?,15-/m1/s1. The van der Waals surface area contributed by atoms with E-state index in [9.17, 15) is 40.5 Å². The number of rotatable bonds is 6. The minimum Gasteiger partial charge on any atom is -0.394 e. The first kappa shape index (κ1) is 23.0. The van der Waals surface area contributed by atoms with Crippen LogP contribution in [0.2, 0.25) is 0 Å². The van der Waals surface area contributed by atoms with Gasteiger partial charge in [0.25, 0.3) is 0 Å². The van der Waals surface area contributed by atoms with Crippen LogP contribution in [0.4, 0.5) is 5.82 Å². The summed E-state index contributed by atoms with van der Waals surface area (Å²) in [7, 11) is 0. The van der Waals surface area contributed by atoms with Crippen LogP contribution in [0, 0.1) is 0 Å². The van der Waals surface area contributed by atoms with Crippen LogP contribution in [-0.4, -0.2) is 114 Å². The molecule has 0 radical (unpaired) electrons. The van der Waals surface area contributed by atoms with Gasteiger partial charge in [-0.2, -0.15) is 4.98 Å². The van der Waals surface area contributed by atoms with Gasteiger partial charge in [-0.25, -0.2) is 4.79 Å². The molecule has 2 aliphatic rings. The molecule has 3 heterocycles. The number of nitrogen functional groups attached to an aromatic ring is 1. The Morgan fingerprint density at radius 2 is 1.67 bits per heavy atom. The summed E-state index contributed by atoms with van der Waals surface area (Å²) in [6, 6.07) is 1.27. The highest BCUT2D eigenvalue weighted by Crippen LogP contribution is 2.35. The van der Waals surface area contributed by atoms with Crippen LogP contribution in [0.5, 0.6) is 0 Å². The van der Waals surface area contributed by atoms with Crippen LogP contribution in [-0.2, 0) is 14.2 Å². The van der Waals surface area contributed by atoms with Crippen LogP contribution >= 0.6 is 0 Å². The molecule has 1 aromatic heterocycles. The molecule has 30 heavy (non-hydrogen) atoms. The fourth-order valence-corrected chi connectivity index (χ4v) is 3.67. The van der Waals surface area contributed by atoms with E-state index >= 15 is 0 Å². The highest BCUT2D eigenvalue weighted by molar-refractivity contribution is 5.23. The molecule has 2 unspecified atom stereocenters. The molecule has 14 nitrogen and oxygen atoms in total. The van der Waals surface area contributed by atoms with Gasteiger partial charge in [0.1, 0.15) is 67.5 Å². The Morgan fingerprint density at radius 3 is 2.27 bits per heavy atom. The largest absolute Gasteiger partial charge is 0.394 e. The summed E-state index contributed by atoms with van der Waals surface area (Å²) >= 11 is 0. The van der Waals surface area contributed by atoms with Crippen molar-refractivity contribution in [1.82, 2.24) is 9.55 Å². The van der Waals surface area contributed by atoms with Gasteiger partial charge >= 0.3 is 5.69 Å². The number of anilines is 1. The zero-order chi connectivity index (χ0) is 22.2.